The van der Waals surface area contributed by atoms with Crippen LogP contribution in [0.5, 0.6) is 5.75 Å². The molecule has 0 spiro atoms. The van der Waals surface area contributed by atoms with Crippen molar-refractivity contribution in [2.75, 3.05) is 19.6 Å². The van der Waals surface area contributed by atoms with Crippen LogP contribution in [0.25, 0.3) is 10.6 Å². The zero-order chi connectivity index (χ0) is 24.9. The number of hydrogen-bond acceptors (Lipinski definition) is 6. The van der Waals surface area contributed by atoms with Gasteiger partial charge >= 0.3 is 16.5 Å². The van der Waals surface area contributed by atoms with Crippen LogP contribution in [0.4, 0.5) is 0 Å². The van der Waals surface area contributed by atoms with Crippen LogP contribution < -0.4 is 0 Å². The van der Waals surface area contributed by atoms with E-state index in [-0.39, 0.29) is 27.8 Å². The van der Waals surface area contributed by atoms with Crippen LogP contribution in [0.1, 0.15) is 45.6 Å². The number of rotatable bonds is 3. The van der Waals surface area contributed by atoms with E-state index in [0.29, 0.717) is 11.4 Å². The Kier molecular flexibility index (Phi) is 21.0. The van der Waals surface area contributed by atoms with Gasteiger partial charge in [-0.05, 0) is 26.0 Å². The summed E-state index contributed by atoms with van der Waals surface area (Å²) in [5, 5.41) is 53.2. The summed E-state index contributed by atoms with van der Waals surface area (Å²) in [5.74, 6) is -1.33. The van der Waals surface area contributed by atoms with Crippen molar-refractivity contribution in [1.82, 2.24) is 0 Å². The summed E-state index contributed by atoms with van der Waals surface area (Å²) in [6, 6.07) is 6.21. The second-order valence-electron chi connectivity index (χ2n) is 6.70. The Balaban J connectivity index is 0. The Bertz CT molecular complexity index is 822. The molecule has 11 heteroatoms. The molecule has 0 atom stereocenters. The number of aliphatic hydroxyl groups excluding tert-OH is 1. The Morgan fingerprint density at radius 1 is 0.941 bits per heavy atom. The summed E-state index contributed by atoms with van der Waals surface area (Å²) in [5.41, 5.74) is 0.830. The summed E-state index contributed by atoms with van der Waals surface area (Å²) < 4.78 is 0. The molecule has 190 valence electrons. The Labute approximate surface area is 210 Å². The first kappa shape index (κ1) is 33.0. The number of carboxylic acid groups (broad SMARTS) is 1. The Morgan fingerprint density at radius 3 is 1.91 bits per heavy atom. The topological polar surface area (TPSA) is 163 Å². The summed E-state index contributed by atoms with van der Waals surface area (Å²) in [4.78, 5) is 9.00. The fourth-order valence-electron chi connectivity index (χ4n) is 2.09. The van der Waals surface area contributed by atoms with Crippen molar-refractivity contribution < 1.29 is 41.8 Å². The van der Waals surface area contributed by atoms with Crippen molar-refractivity contribution in [3.8, 4) is 5.75 Å². The van der Waals surface area contributed by atoms with Crippen molar-refractivity contribution in [3.63, 3.8) is 0 Å². The minimum Gasteiger partial charge on any atom is -0.687 e. The molecule has 10 nitrogen and oxygen atoms in total. The molecule has 2 aliphatic rings. The van der Waals surface area contributed by atoms with E-state index in [1.54, 1.807) is 32.2 Å². The summed E-state index contributed by atoms with van der Waals surface area (Å²) in [7, 11) is 0. The van der Waals surface area contributed by atoms with Gasteiger partial charge in [0.05, 0.1) is 17.0 Å². The molecule has 4 N–H and O–H groups in total. The summed E-state index contributed by atoms with van der Waals surface area (Å²) in [6.45, 7) is 7.32. The number of aliphatic carboxylic acids is 1. The van der Waals surface area contributed by atoms with Gasteiger partial charge in [-0.15, -0.1) is 30.8 Å². The molecule has 2 heterocycles. The number of oxime groups is 1. The largest absolute Gasteiger partial charge is 2.00 e. The number of allylic oxidation sites excluding steroid dienone is 2. The van der Waals surface area contributed by atoms with Crippen molar-refractivity contribution in [2.45, 2.75) is 40.0 Å². The molecule has 0 radical (unpaired) electrons. The first-order chi connectivity index (χ1) is 15.8. The molecule has 0 aromatic heterocycles. The molecule has 34 heavy (non-hydrogen) atoms. The van der Waals surface area contributed by atoms with Crippen LogP contribution in [0.15, 0.2) is 64.1 Å². The Hall–Kier alpha value is -3.17. The monoisotopic (exact) mass is 517 g/mol. The molecule has 1 aromatic carbocycles. The van der Waals surface area contributed by atoms with E-state index in [4.69, 9.17) is 15.1 Å². The van der Waals surface area contributed by atoms with Gasteiger partial charge in [-0.25, -0.2) is 0 Å². The van der Waals surface area contributed by atoms with E-state index in [0.717, 1.165) is 26.6 Å². The summed E-state index contributed by atoms with van der Waals surface area (Å²) >= 11 is 0. The van der Waals surface area contributed by atoms with Gasteiger partial charge in [0.2, 0.25) is 5.90 Å². The first-order valence-corrected chi connectivity index (χ1v) is 10.4. The summed E-state index contributed by atoms with van der Waals surface area (Å²) in [6.07, 6.45) is 11.8. The van der Waals surface area contributed by atoms with Crippen LogP contribution in [-0.2, 0) is 21.3 Å². The Morgan fingerprint density at radius 2 is 1.56 bits per heavy atom. The minimum atomic E-state index is -0.833. The zero-order valence-corrected chi connectivity index (χ0v) is 20.6. The number of benzene rings is 1. The second-order valence-corrected chi connectivity index (χ2v) is 6.70. The maximum Gasteiger partial charge on any atom is 2.00 e. The average molecular weight is 518 g/mol. The van der Waals surface area contributed by atoms with Gasteiger partial charge in [0.25, 0.3) is 5.97 Å². The van der Waals surface area contributed by atoms with Gasteiger partial charge in [-0.1, -0.05) is 48.7 Å². The number of aliphatic hydroxyl groups is 1. The third-order valence-corrected chi connectivity index (χ3v) is 3.90. The molecule has 0 amide bonds. The fraction of sp³-hybridized carbons (Fsp3) is 0.391. The van der Waals surface area contributed by atoms with Crippen LogP contribution >= 0.6 is 0 Å². The van der Waals surface area contributed by atoms with E-state index >= 15 is 0 Å². The number of carboxylic acids is 1. The number of para-hydroxylation sites is 1. The molecule has 0 saturated carbocycles. The normalized spacial score (nSPS) is 15.0. The predicted octanol–water partition coefficient (Wildman–Crippen LogP) is 5.00. The molecule has 1 aromatic rings. The van der Waals surface area contributed by atoms with Gasteiger partial charge in [-0.2, -0.15) is 11.3 Å². The van der Waals surface area contributed by atoms with Crippen LogP contribution in [0.2, 0.25) is 0 Å². The smallest absolute Gasteiger partial charge is 0.687 e. The van der Waals surface area contributed by atoms with E-state index in [9.17, 15) is 10.2 Å². The average Bonchev–Trinajstić information content (AvgIpc) is 2.84. The third kappa shape index (κ3) is 18.4. The molecule has 1 saturated heterocycles. The van der Waals surface area contributed by atoms with Crippen LogP contribution in [0, 0.1) is 0 Å². The van der Waals surface area contributed by atoms with Crippen LogP contribution in [0.3, 0.4) is 0 Å². The number of phenols is 1. The molecule has 2 aliphatic heterocycles. The number of carbonyl (C=O) groups is 1. The van der Waals surface area contributed by atoms with E-state index in [1.165, 1.54) is 31.4 Å². The standard InChI is InChI=1S/C11H13N3O3.C5H10N.C5H6N.C2H4O2.Ni/c1-7(8(2)14-17)12-13-11(16)9-5-3-4-6-10(9)15;2*1-2-4-6-5-3-1;1-2(3)4;/h3-6,15,17H,1-2H3,(H,13,16);1-5H2;1-4H,5H2;1H3,(H,3,4);/q;2*-1;;+2. The first-order valence-electron chi connectivity index (χ1n) is 10.4. The minimum absolute atomic E-state index is 0. The molecule has 3 rings (SSSR count). The predicted molar refractivity (Wildman–Crippen MR) is 132 cm³/mol. The van der Waals surface area contributed by atoms with Crippen molar-refractivity contribution in [3.05, 3.63) is 64.9 Å². The maximum absolute atomic E-state index is 9.59. The van der Waals surface area contributed by atoms with Crippen molar-refractivity contribution in [1.29, 1.82) is 0 Å². The third-order valence-electron chi connectivity index (χ3n) is 3.90. The number of hydrogen-bond donors (Lipinski definition) is 4. The van der Waals surface area contributed by atoms with Crippen LogP contribution in [-0.4, -0.2) is 63.5 Å². The van der Waals surface area contributed by atoms with E-state index in [1.807, 2.05) is 18.2 Å². The number of nitrogens with zero attached hydrogens (tertiary/aromatic N) is 5. The van der Waals surface area contributed by atoms with Crippen molar-refractivity contribution in [2.24, 2.45) is 15.4 Å². The van der Waals surface area contributed by atoms with Gasteiger partial charge in [-0.3, -0.25) is 4.79 Å². The maximum atomic E-state index is 9.59. The van der Waals surface area contributed by atoms with Gasteiger partial charge in [0, 0.05) is 6.92 Å². The van der Waals surface area contributed by atoms with Gasteiger partial charge in [0.1, 0.15) is 5.75 Å². The van der Waals surface area contributed by atoms with Crippen molar-refractivity contribution >= 4 is 23.3 Å². The molecule has 0 bridgehead atoms. The van der Waals surface area contributed by atoms with Gasteiger partial charge < -0.3 is 31.2 Å². The molecule has 1 fully saturated rings. The molecule has 0 unspecified atom stereocenters. The number of aromatic hydroxyl groups is 1. The zero-order valence-electron chi connectivity index (χ0n) is 19.6. The van der Waals surface area contributed by atoms with Gasteiger partial charge in [0.15, 0.2) is 0 Å². The second kappa shape index (κ2) is 21.7. The SMILES string of the molecule is C1=CC[N-]C=C1.C1CC[N-]CC1.CC(=NO)C(C)=NN=C(O)c1ccccc1O.CC(=O)O.[Ni+2]. The van der Waals surface area contributed by atoms with E-state index in [2.05, 4.69) is 26.0 Å². The fourth-order valence-corrected chi connectivity index (χ4v) is 2.09. The van der Waals surface area contributed by atoms with E-state index < -0.39 is 11.9 Å². The molecule has 0 aliphatic carbocycles. The quantitative estimate of drug-likeness (QED) is 0.145. The number of phenolic OH excluding ortho intramolecular Hbond substituents is 1. The number of piperidine rings is 1. The molecular formula is C23H33N5NiO5. The molecular weight excluding hydrogens is 485 g/mol.